The molecule has 2 aromatic rings. The summed E-state index contributed by atoms with van der Waals surface area (Å²) in [4.78, 5) is 15.7. The molecule has 0 aliphatic heterocycles. The van der Waals surface area contributed by atoms with E-state index in [0.29, 0.717) is 22.9 Å². The Morgan fingerprint density at radius 1 is 1.41 bits per heavy atom. The van der Waals surface area contributed by atoms with Crippen molar-refractivity contribution in [1.29, 1.82) is 0 Å². The normalized spacial score (nSPS) is 10.2. The van der Waals surface area contributed by atoms with E-state index in [1.807, 2.05) is 0 Å². The first-order chi connectivity index (χ1) is 8.15. The number of hydrogen-bond acceptors (Lipinski definition) is 4. The van der Waals surface area contributed by atoms with Gasteiger partial charge in [0.2, 0.25) is 0 Å². The smallest absolute Gasteiger partial charge is 0.251 e. The molecule has 0 saturated carbocycles. The largest absolute Gasteiger partial charge is 0.375 e. The van der Waals surface area contributed by atoms with Gasteiger partial charge in [-0.2, -0.15) is 0 Å². The molecule has 0 fully saturated rings. The molecule has 6 heteroatoms. The molecule has 2 rings (SSSR count). The van der Waals surface area contributed by atoms with Gasteiger partial charge in [0.05, 0.1) is 12.2 Å². The molecule has 88 valence electrons. The highest BCUT2D eigenvalue weighted by Crippen LogP contribution is 2.10. The van der Waals surface area contributed by atoms with E-state index in [9.17, 15) is 9.18 Å². The third kappa shape index (κ3) is 3.01. The van der Waals surface area contributed by atoms with Crippen LogP contribution in [0.15, 0.2) is 29.6 Å². The number of nitrogen functional groups attached to an aromatic ring is 1. The summed E-state index contributed by atoms with van der Waals surface area (Å²) in [5, 5.41) is 4.92. The van der Waals surface area contributed by atoms with Gasteiger partial charge in [0.15, 0.2) is 5.13 Å². The standard InChI is InChI=1S/C11H10FN3OS/c12-8-3-1-7(2-4-8)10(16)14-5-9-6-17-11(13)15-9/h1-4,6H,5H2,(H2,13,15)(H,14,16). The van der Waals surface area contributed by atoms with Crippen LogP contribution in [-0.4, -0.2) is 10.9 Å². The number of hydrogen-bond donors (Lipinski definition) is 2. The number of nitrogens with two attached hydrogens (primary N) is 1. The highest BCUT2D eigenvalue weighted by Gasteiger charge is 2.06. The number of nitrogens with zero attached hydrogens (tertiary/aromatic N) is 1. The summed E-state index contributed by atoms with van der Waals surface area (Å²) in [5.74, 6) is -0.634. The molecule has 0 bridgehead atoms. The van der Waals surface area contributed by atoms with Gasteiger partial charge in [-0.15, -0.1) is 11.3 Å². The van der Waals surface area contributed by atoms with Crippen LogP contribution in [0.3, 0.4) is 0 Å². The Hall–Kier alpha value is -1.95. The number of anilines is 1. The monoisotopic (exact) mass is 251 g/mol. The number of carbonyl (C=O) groups is 1. The number of thiazole rings is 1. The highest BCUT2D eigenvalue weighted by atomic mass is 32.1. The minimum absolute atomic E-state index is 0.267. The van der Waals surface area contributed by atoms with Gasteiger partial charge in [-0.05, 0) is 24.3 Å². The Kier molecular flexibility index (Phi) is 3.34. The lowest BCUT2D eigenvalue weighted by Crippen LogP contribution is -2.22. The van der Waals surface area contributed by atoms with E-state index in [0.717, 1.165) is 0 Å². The second-order valence-corrected chi connectivity index (χ2v) is 4.26. The Labute approximate surface area is 101 Å². The second-order valence-electron chi connectivity index (χ2n) is 3.37. The van der Waals surface area contributed by atoms with Crippen molar-refractivity contribution in [2.24, 2.45) is 0 Å². The Morgan fingerprint density at radius 2 is 2.12 bits per heavy atom. The number of aromatic nitrogens is 1. The summed E-state index contributed by atoms with van der Waals surface area (Å²) in [6, 6.07) is 5.35. The maximum Gasteiger partial charge on any atom is 0.251 e. The van der Waals surface area contributed by atoms with Gasteiger partial charge in [0.25, 0.3) is 5.91 Å². The molecule has 0 spiro atoms. The maximum absolute atomic E-state index is 12.6. The molecule has 0 atom stereocenters. The van der Waals surface area contributed by atoms with Gasteiger partial charge in [-0.1, -0.05) is 0 Å². The maximum atomic E-state index is 12.6. The van der Waals surface area contributed by atoms with Crippen molar-refractivity contribution >= 4 is 22.4 Å². The zero-order valence-corrected chi connectivity index (χ0v) is 9.63. The van der Waals surface area contributed by atoms with E-state index in [1.165, 1.54) is 35.6 Å². The third-order valence-corrected chi connectivity index (χ3v) is 2.83. The fourth-order valence-electron chi connectivity index (χ4n) is 1.28. The van der Waals surface area contributed by atoms with Crippen LogP contribution in [0.5, 0.6) is 0 Å². The molecule has 0 aliphatic carbocycles. The first-order valence-corrected chi connectivity index (χ1v) is 5.77. The summed E-state index contributed by atoms with van der Waals surface area (Å²) in [6.45, 7) is 0.309. The summed E-state index contributed by atoms with van der Waals surface area (Å²) in [7, 11) is 0. The van der Waals surface area contributed by atoms with Crippen LogP contribution >= 0.6 is 11.3 Å². The van der Waals surface area contributed by atoms with Crippen LogP contribution in [0.2, 0.25) is 0 Å². The van der Waals surface area contributed by atoms with Gasteiger partial charge >= 0.3 is 0 Å². The zero-order valence-electron chi connectivity index (χ0n) is 8.81. The third-order valence-electron chi connectivity index (χ3n) is 2.11. The van der Waals surface area contributed by atoms with Crippen molar-refractivity contribution in [3.63, 3.8) is 0 Å². The van der Waals surface area contributed by atoms with Crippen LogP contribution in [0.25, 0.3) is 0 Å². The van der Waals surface area contributed by atoms with Crippen LogP contribution < -0.4 is 11.1 Å². The van der Waals surface area contributed by atoms with Crippen LogP contribution in [-0.2, 0) is 6.54 Å². The van der Waals surface area contributed by atoms with E-state index in [1.54, 1.807) is 5.38 Å². The van der Waals surface area contributed by atoms with E-state index in [-0.39, 0.29) is 11.7 Å². The zero-order chi connectivity index (χ0) is 12.3. The van der Waals surface area contributed by atoms with Crippen LogP contribution in [0, 0.1) is 5.82 Å². The van der Waals surface area contributed by atoms with Gasteiger partial charge in [-0.25, -0.2) is 9.37 Å². The lowest BCUT2D eigenvalue weighted by atomic mass is 10.2. The minimum Gasteiger partial charge on any atom is -0.375 e. The topological polar surface area (TPSA) is 68.0 Å². The predicted octanol–water partition coefficient (Wildman–Crippen LogP) is 1.79. The number of benzene rings is 1. The average Bonchev–Trinajstić information content (AvgIpc) is 2.73. The number of amides is 1. The molecular formula is C11H10FN3OS. The Morgan fingerprint density at radius 3 is 2.71 bits per heavy atom. The second kappa shape index (κ2) is 4.92. The number of nitrogens with one attached hydrogen (secondary N) is 1. The highest BCUT2D eigenvalue weighted by molar-refractivity contribution is 7.13. The molecule has 1 aromatic carbocycles. The van der Waals surface area contributed by atoms with E-state index >= 15 is 0 Å². The van der Waals surface area contributed by atoms with Crippen molar-refractivity contribution in [2.45, 2.75) is 6.54 Å². The van der Waals surface area contributed by atoms with E-state index in [4.69, 9.17) is 5.73 Å². The molecule has 17 heavy (non-hydrogen) atoms. The molecular weight excluding hydrogens is 241 g/mol. The molecule has 1 amide bonds. The lowest BCUT2D eigenvalue weighted by molar-refractivity contribution is 0.0950. The van der Waals surface area contributed by atoms with Crippen molar-refractivity contribution in [3.05, 3.63) is 46.7 Å². The summed E-state index contributed by atoms with van der Waals surface area (Å²) < 4.78 is 12.6. The molecule has 0 radical (unpaired) electrons. The lowest BCUT2D eigenvalue weighted by Gasteiger charge is -2.02. The van der Waals surface area contributed by atoms with E-state index in [2.05, 4.69) is 10.3 Å². The van der Waals surface area contributed by atoms with Crippen molar-refractivity contribution in [3.8, 4) is 0 Å². The predicted molar refractivity (Wildman–Crippen MR) is 64.1 cm³/mol. The summed E-state index contributed by atoms with van der Waals surface area (Å²) in [6.07, 6.45) is 0. The fourth-order valence-corrected chi connectivity index (χ4v) is 1.84. The minimum atomic E-state index is -0.367. The Balaban J connectivity index is 1.95. The first kappa shape index (κ1) is 11.5. The van der Waals surface area contributed by atoms with E-state index < -0.39 is 0 Å². The molecule has 3 N–H and O–H groups in total. The average molecular weight is 251 g/mol. The van der Waals surface area contributed by atoms with Gasteiger partial charge in [0, 0.05) is 10.9 Å². The molecule has 1 aromatic heterocycles. The van der Waals surface area contributed by atoms with Crippen LogP contribution in [0.1, 0.15) is 16.1 Å². The first-order valence-electron chi connectivity index (χ1n) is 4.89. The van der Waals surface area contributed by atoms with Gasteiger partial charge in [0.1, 0.15) is 5.82 Å². The van der Waals surface area contributed by atoms with Crippen molar-refractivity contribution < 1.29 is 9.18 Å². The molecule has 0 saturated heterocycles. The molecule has 0 aliphatic rings. The number of carbonyl (C=O) groups excluding carboxylic acids is 1. The SMILES string of the molecule is Nc1nc(CNC(=O)c2ccc(F)cc2)cs1. The molecule has 4 nitrogen and oxygen atoms in total. The quantitative estimate of drug-likeness (QED) is 0.874. The van der Waals surface area contributed by atoms with Gasteiger partial charge in [-0.3, -0.25) is 4.79 Å². The van der Waals surface area contributed by atoms with Crippen LogP contribution in [0.4, 0.5) is 9.52 Å². The molecule has 0 unspecified atom stereocenters. The fraction of sp³-hybridized carbons (Fsp3) is 0.0909. The Bertz CT molecular complexity index is 524. The molecule has 1 heterocycles. The van der Waals surface area contributed by atoms with Crippen molar-refractivity contribution in [1.82, 2.24) is 10.3 Å². The summed E-state index contributed by atoms with van der Waals surface area (Å²) in [5.41, 5.74) is 6.59. The van der Waals surface area contributed by atoms with Crippen molar-refractivity contribution in [2.75, 3.05) is 5.73 Å². The van der Waals surface area contributed by atoms with Gasteiger partial charge < -0.3 is 11.1 Å². The number of rotatable bonds is 3. The summed E-state index contributed by atoms with van der Waals surface area (Å²) >= 11 is 1.32. The number of halogens is 1.